The molecule has 0 amide bonds. The lowest BCUT2D eigenvalue weighted by molar-refractivity contribution is -0.140. The minimum Gasteiger partial charge on any atom is -0.493 e. The van der Waals surface area contributed by atoms with Gasteiger partial charge < -0.3 is 9.47 Å². The van der Waals surface area contributed by atoms with E-state index in [1.165, 1.54) is 6.07 Å². The van der Waals surface area contributed by atoms with Crippen molar-refractivity contribution in [3.8, 4) is 5.75 Å². The van der Waals surface area contributed by atoms with Crippen molar-refractivity contribution >= 4 is 25.8 Å². The zero-order valence-electron chi connectivity index (χ0n) is 11.6. The lowest BCUT2D eigenvalue weighted by atomic mass is 9.91. The molecule has 22 heavy (non-hydrogen) atoms. The van der Waals surface area contributed by atoms with Crippen LogP contribution in [0.15, 0.2) is 18.2 Å². The largest absolute Gasteiger partial charge is 0.493 e. The van der Waals surface area contributed by atoms with Gasteiger partial charge in [0.1, 0.15) is 10.5 Å². The Morgan fingerprint density at radius 3 is 2.41 bits per heavy atom. The van der Waals surface area contributed by atoms with Crippen LogP contribution in [0.1, 0.15) is 11.1 Å². The summed E-state index contributed by atoms with van der Waals surface area (Å²) in [6.45, 7) is -0.357. The Morgan fingerprint density at radius 1 is 1.36 bits per heavy atom. The van der Waals surface area contributed by atoms with Crippen LogP contribution in [0.2, 0.25) is 0 Å². The van der Waals surface area contributed by atoms with Gasteiger partial charge >= 0.3 is 6.18 Å². The van der Waals surface area contributed by atoms with Crippen LogP contribution in [-0.2, 0) is 25.5 Å². The summed E-state index contributed by atoms with van der Waals surface area (Å²) in [4.78, 5) is 0. The zero-order chi connectivity index (χ0) is 16.6. The van der Waals surface area contributed by atoms with Crippen molar-refractivity contribution in [2.24, 2.45) is 0 Å². The molecule has 0 aromatic heterocycles. The smallest absolute Gasteiger partial charge is 0.416 e. The van der Waals surface area contributed by atoms with E-state index in [0.717, 1.165) is 18.4 Å². The van der Waals surface area contributed by atoms with Crippen LogP contribution in [-0.4, -0.2) is 39.8 Å². The Bertz CT molecular complexity index is 654. The number of hydrogen-bond donors (Lipinski definition) is 0. The summed E-state index contributed by atoms with van der Waals surface area (Å²) in [5.41, 5.74) is -1.30. The van der Waals surface area contributed by atoms with E-state index in [2.05, 4.69) is 15.9 Å². The third-order valence-electron chi connectivity index (χ3n) is 3.51. The Balaban J connectivity index is 2.56. The van der Waals surface area contributed by atoms with Crippen LogP contribution in [0.4, 0.5) is 13.2 Å². The predicted octanol–water partition coefficient (Wildman–Crippen LogP) is 2.75. The van der Waals surface area contributed by atoms with Gasteiger partial charge in [0.15, 0.2) is 9.84 Å². The van der Waals surface area contributed by atoms with Gasteiger partial charge in [-0.1, -0.05) is 22.0 Å². The molecule has 1 fully saturated rings. The Labute approximate surface area is 134 Å². The molecule has 0 radical (unpaired) electrons. The third kappa shape index (κ3) is 3.11. The average molecular weight is 403 g/mol. The molecular formula is C13H14BrF3O4S. The summed E-state index contributed by atoms with van der Waals surface area (Å²) in [6.07, 6.45) is -3.76. The van der Waals surface area contributed by atoms with Gasteiger partial charge in [0.25, 0.3) is 0 Å². The molecule has 0 spiro atoms. The van der Waals surface area contributed by atoms with Crippen LogP contribution in [0, 0.1) is 0 Å². The number of alkyl halides is 4. The van der Waals surface area contributed by atoms with Gasteiger partial charge in [-0.25, -0.2) is 8.42 Å². The van der Waals surface area contributed by atoms with Crippen molar-refractivity contribution in [3.63, 3.8) is 0 Å². The maximum Gasteiger partial charge on any atom is 0.416 e. The van der Waals surface area contributed by atoms with Crippen molar-refractivity contribution in [3.05, 3.63) is 29.3 Å². The van der Waals surface area contributed by atoms with Crippen molar-refractivity contribution < 1.29 is 31.1 Å². The van der Waals surface area contributed by atoms with Crippen LogP contribution >= 0.6 is 15.9 Å². The summed E-state index contributed by atoms with van der Waals surface area (Å²) in [7, 11) is -3.77. The highest BCUT2D eigenvalue weighted by molar-refractivity contribution is 9.09. The molecule has 9 heteroatoms. The first-order valence-electron chi connectivity index (χ1n) is 6.30. The molecule has 1 aromatic rings. The number of sulfone groups is 1. The van der Waals surface area contributed by atoms with Gasteiger partial charge in [-0.05, 0) is 17.7 Å². The fraction of sp³-hybridized carbons (Fsp3) is 0.538. The van der Waals surface area contributed by atoms with Gasteiger partial charge in [-0.3, -0.25) is 0 Å². The van der Waals surface area contributed by atoms with E-state index in [1.807, 2.05) is 0 Å². The fourth-order valence-electron chi connectivity index (χ4n) is 2.26. The summed E-state index contributed by atoms with van der Waals surface area (Å²) in [6, 6.07) is 3.34. The Morgan fingerprint density at radius 2 is 2.00 bits per heavy atom. The first kappa shape index (κ1) is 17.6. The maximum atomic E-state index is 13.3. The fourth-order valence-corrected chi connectivity index (χ4v) is 3.59. The summed E-state index contributed by atoms with van der Waals surface area (Å²) in [5, 5.41) is 0.469. The first-order valence-corrected chi connectivity index (χ1v) is 9.31. The van der Waals surface area contributed by atoms with Crippen molar-refractivity contribution in [2.45, 2.75) is 10.9 Å². The Kier molecular flexibility index (Phi) is 4.79. The van der Waals surface area contributed by atoms with E-state index in [1.54, 1.807) is 0 Å². The minimum absolute atomic E-state index is 0.0411. The molecule has 4 nitrogen and oxygen atoms in total. The van der Waals surface area contributed by atoms with Gasteiger partial charge in [-0.2, -0.15) is 13.2 Å². The minimum atomic E-state index is -4.68. The molecule has 1 aliphatic rings. The van der Waals surface area contributed by atoms with Crippen molar-refractivity contribution in [2.75, 3.05) is 31.4 Å². The van der Waals surface area contributed by atoms with E-state index >= 15 is 0 Å². The average Bonchev–Trinajstić information content (AvgIpc) is 2.33. The molecule has 0 atom stereocenters. The van der Waals surface area contributed by atoms with Crippen LogP contribution in [0.25, 0.3) is 0 Å². The van der Waals surface area contributed by atoms with Gasteiger partial charge in [0, 0.05) is 11.6 Å². The molecule has 0 bridgehead atoms. The van der Waals surface area contributed by atoms with E-state index in [9.17, 15) is 21.6 Å². The molecule has 0 unspecified atom stereocenters. The highest BCUT2D eigenvalue weighted by atomic mass is 79.9. The molecule has 0 aliphatic carbocycles. The number of rotatable bonds is 5. The zero-order valence-corrected chi connectivity index (χ0v) is 14.0. The molecule has 1 saturated heterocycles. The van der Waals surface area contributed by atoms with Crippen molar-refractivity contribution in [1.82, 2.24) is 0 Å². The first-order chi connectivity index (χ1) is 10.1. The number of halogens is 4. The standard InChI is InChI=1S/C13H14BrF3O4S/c1-22(18,19)12(7-20-8-12)10-3-2-9(21-5-4-14)6-11(10)13(15,16)17/h2-3,6H,4-5,7-8H2,1H3. The highest BCUT2D eigenvalue weighted by Gasteiger charge is 2.53. The second kappa shape index (κ2) is 6.01. The number of ether oxygens (including phenoxy) is 2. The van der Waals surface area contributed by atoms with Crippen LogP contribution < -0.4 is 4.74 Å². The Hall–Kier alpha value is -0.800. The molecule has 1 aliphatic heterocycles. The number of hydrogen-bond acceptors (Lipinski definition) is 4. The van der Waals surface area contributed by atoms with E-state index in [4.69, 9.17) is 9.47 Å². The van der Waals surface area contributed by atoms with Gasteiger partial charge in [0.2, 0.25) is 0 Å². The molecule has 0 N–H and O–H groups in total. The molecule has 2 rings (SSSR count). The monoisotopic (exact) mass is 402 g/mol. The second-order valence-electron chi connectivity index (χ2n) is 5.00. The summed E-state index contributed by atoms with van der Waals surface area (Å²) < 4.78 is 72.4. The van der Waals surface area contributed by atoms with E-state index in [0.29, 0.717) is 5.33 Å². The third-order valence-corrected chi connectivity index (χ3v) is 5.71. The topological polar surface area (TPSA) is 52.6 Å². The van der Waals surface area contributed by atoms with E-state index in [-0.39, 0.29) is 31.1 Å². The highest BCUT2D eigenvalue weighted by Crippen LogP contribution is 2.45. The lowest BCUT2D eigenvalue weighted by Gasteiger charge is -2.41. The molecule has 1 heterocycles. The van der Waals surface area contributed by atoms with Crippen molar-refractivity contribution in [1.29, 1.82) is 0 Å². The number of benzene rings is 1. The predicted molar refractivity (Wildman–Crippen MR) is 78.1 cm³/mol. The van der Waals surface area contributed by atoms with Gasteiger partial charge in [-0.15, -0.1) is 0 Å². The molecular weight excluding hydrogens is 389 g/mol. The second-order valence-corrected chi connectivity index (χ2v) is 8.12. The van der Waals surface area contributed by atoms with Gasteiger partial charge in [0.05, 0.1) is 25.4 Å². The summed E-state index contributed by atoms with van der Waals surface area (Å²) >= 11 is 3.11. The normalized spacial score (nSPS) is 17.9. The molecule has 1 aromatic carbocycles. The van der Waals surface area contributed by atoms with Crippen LogP contribution in [0.5, 0.6) is 5.75 Å². The summed E-state index contributed by atoms with van der Waals surface area (Å²) in [5.74, 6) is 0.0411. The van der Waals surface area contributed by atoms with E-state index < -0.39 is 26.3 Å². The molecule has 124 valence electrons. The van der Waals surface area contributed by atoms with Crippen LogP contribution in [0.3, 0.4) is 0 Å². The lowest BCUT2D eigenvalue weighted by Crippen LogP contribution is -2.53. The molecule has 0 saturated carbocycles. The quantitative estimate of drug-likeness (QED) is 0.710. The maximum absolute atomic E-state index is 13.3. The SMILES string of the molecule is CS(=O)(=O)C1(c2ccc(OCCBr)cc2C(F)(F)F)COC1.